The number of aromatic nitrogens is 1. The Hall–Kier alpha value is -2.73. The van der Waals surface area contributed by atoms with Crippen LogP contribution in [0, 0.1) is 0 Å². The smallest absolute Gasteiger partial charge is 0.289 e. The minimum absolute atomic E-state index is 0.0787. The Labute approximate surface area is 140 Å². The zero-order valence-corrected chi connectivity index (χ0v) is 13.5. The number of phenols is 1. The van der Waals surface area contributed by atoms with Gasteiger partial charge in [0.2, 0.25) is 0 Å². The van der Waals surface area contributed by atoms with Crippen molar-refractivity contribution in [3.05, 3.63) is 70.5 Å². The number of carbonyl (C=O) groups is 1. The molecule has 0 bridgehead atoms. The van der Waals surface area contributed by atoms with E-state index in [9.17, 15) is 9.90 Å². The van der Waals surface area contributed by atoms with Gasteiger partial charge in [-0.2, -0.15) is 5.10 Å². The van der Waals surface area contributed by atoms with Crippen LogP contribution in [-0.4, -0.2) is 22.2 Å². The summed E-state index contributed by atoms with van der Waals surface area (Å²) >= 11 is 3.31. The Morgan fingerprint density at radius 2 is 1.96 bits per heavy atom. The van der Waals surface area contributed by atoms with Crippen molar-refractivity contribution in [1.82, 2.24) is 10.4 Å². The maximum Gasteiger partial charge on any atom is 0.289 e. The highest BCUT2D eigenvalue weighted by molar-refractivity contribution is 9.10. The zero-order chi connectivity index (χ0) is 16.2. The first-order valence-electron chi connectivity index (χ1n) is 6.80. The van der Waals surface area contributed by atoms with E-state index in [0.29, 0.717) is 5.56 Å². The fourth-order valence-electron chi connectivity index (χ4n) is 2.05. The normalized spacial score (nSPS) is 11.0. The Balaban J connectivity index is 1.75. The third kappa shape index (κ3) is 3.54. The number of nitrogens with one attached hydrogen (secondary N) is 1. The number of hydrogen-bond donors (Lipinski definition) is 2. The molecule has 0 aliphatic heterocycles. The maximum atomic E-state index is 12.1. The van der Waals surface area contributed by atoms with Crippen molar-refractivity contribution >= 4 is 38.8 Å². The molecule has 6 heteroatoms. The number of amides is 1. The van der Waals surface area contributed by atoms with Crippen molar-refractivity contribution in [3.63, 3.8) is 0 Å². The van der Waals surface area contributed by atoms with Gasteiger partial charge in [0.1, 0.15) is 11.4 Å². The van der Waals surface area contributed by atoms with Gasteiger partial charge < -0.3 is 5.11 Å². The van der Waals surface area contributed by atoms with Crippen LogP contribution in [0.25, 0.3) is 10.8 Å². The van der Waals surface area contributed by atoms with Gasteiger partial charge in [-0.05, 0) is 29.7 Å². The molecule has 2 N–H and O–H groups in total. The van der Waals surface area contributed by atoms with Gasteiger partial charge in [-0.15, -0.1) is 0 Å². The summed E-state index contributed by atoms with van der Waals surface area (Å²) in [7, 11) is 0. The van der Waals surface area contributed by atoms with Crippen molar-refractivity contribution in [2.45, 2.75) is 0 Å². The molecule has 114 valence electrons. The highest BCUT2D eigenvalue weighted by atomic mass is 79.9. The summed E-state index contributed by atoms with van der Waals surface area (Å²) in [6, 6.07) is 14.3. The molecular formula is C17H12BrN3O2. The average Bonchev–Trinajstić information content (AvgIpc) is 2.57. The summed E-state index contributed by atoms with van der Waals surface area (Å²) in [6.45, 7) is 0. The maximum absolute atomic E-state index is 12.1. The second-order valence-electron chi connectivity index (χ2n) is 4.82. The van der Waals surface area contributed by atoms with Gasteiger partial charge in [0.25, 0.3) is 5.91 Å². The molecule has 0 unspecified atom stereocenters. The minimum atomic E-state index is -0.415. The van der Waals surface area contributed by atoms with Crippen LogP contribution in [0.1, 0.15) is 16.1 Å². The molecule has 3 aromatic rings. The van der Waals surface area contributed by atoms with Crippen LogP contribution in [0.15, 0.2) is 64.3 Å². The second kappa shape index (κ2) is 6.58. The fourth-order valence-corrected chi connectivity index (χ4v) is 2.43. The summed E-state index contributed by atoms with van der Waals surface area (Å²) in [5.74, 6) is -0.337. The van der Waals surface area contributed by atoms with Crippen molar-refractivity contribution in [2.24, 2.45) is 5.10 Å². The molecule has 0 aliphatic carbocycles. The van der Waals surface area contributed by atoms with E-state index in [0.717, 1.165) is 15.2 Å². The van der Waals surface area contributed by atoms with E-state index in [1.807, 2.05) is 24.3 Å². The molecule has 1 aromatic heterocycles. The summed E-state index contributed by atoms with van der Waals surface area (Å²) in [4.78, 5) is 16.2. The molecule has 23 heavy (non-hydrogen) atoms. The summed E-state index contributed by atoms with van der Waals surface area (Å²) in [5.41, 5.74) is 3.17. The number of fused-ring (bicyclic) bond motifs is 1. The Bertz CT molecular complexity index is 909. The van der Waals surface area contributed by atoms with Gasteiger partial charge in [-0.25, -0.2) is 5.43 Å². The van der Waals surface area contributed by atoms with Gasteiger partial charge >= 0.3 is 0 Å². The van der Waals surface area contributed by atoms with E-state index >= 15 is 0 Å². The molecule has 1 heterocycles. The van der Waals surface area contributed by atoms with Crippen molar-refractivity contribution in [1.29, 1.82) is 0 Å². The van der Waals surface area contributed by atoms with Crippen LogP contribution >= 0.6 is 15.9 Å². The van der Waals surface area contributed by atoms with E-state index < -0.39 is 5.91 Å². The predicted molar refractivity (Wildman–Crippen MR) is 92.6 cm³/mol. The number of phenolic OH excluding ortho intramolecular Hbond substituents is 1. The van der Waals surface area contributed by atoms with Gasteiger partial charge in [-0.1, -0.05) is 40.2 Å². The van der Waals surface area contributed by atoms with Crippen LogP contribution in [0.4, 0.5) is 0 Å². The molecule has 0 atom stereocenters. The van der Waals surface area contributed by atoms with Crippen molar-refractivity contribution < 1.29 is 9.90 Å². The molecule has 0 aliphatic rings. The van der Waals surface area contributed by atoms with Crippen molar-refractivity contribution in [2.75, 3.05) is 0 Å². The lowest BCUT2D eigenvalue weighted by Gasteiger charge is -2.02. The van der Waals surface area contributed by atoms with Crippen LogP contribution in [-0.2, 0) is 0 Å². The lowest BCUT2D eigenvalue weighted by molar-refractivity contribution is 0.0950. The number of hydrazone groups is 1. The minimum Gasteiger partial charge on any atom is -0.507 e. The van der Waals surface area contributed by atoms with E-state index in [2.05, 4.69) is 31.4 Å². The average molecular weight is 370 g/mol. The van der Waals surface area contributed by atoms with Crippen LogP contribution in [0.3, 0.4) is 0 Å². The molecule has 0 saturated heterocycles. The Kier molecular flexibility index (Phi) is 4.34. The number of carbonyl (C=O) groups excluding carboxylic acids is 1. The monoisotopic (exact) mass is 369 g/mol. The first-order chi connectivity index (χ1) is 11.1. The molecule has 0 spiro atoms. The van der Waals surface area contributed by atoms with E-state index in [1.165, 1.54) is 12.3 Å². The summed E-state index contributed by atoms with van der Waals surface area (Å²) < 4.78 is 0.805. The number of halogens is 1. The lowest BCUT2D eigenvalue weighted by atomic mass is 10.1. The molecule has 2 aromatic carbocycles. The first kappa shape index (κ1) is 15.2. The number of hydrogen-bond acceptors (Lipinski definition) is 4. The number of aromatic hydroxyl groups is 1. The predicted octanol–water partition coefficient (Wildman–Crippen LogP) is 3.47. The molecule has 0 radical (unpaired) electrons. The van der Waals surface area contributed by atoms with Gasteiger partial charge in [0.15, 0.2) is 0 Å². The highest BCUT2D eigenvalue weighted by Crippen LogP contribution is 2.20. The zero-order valence-electron chi connectivity index (χ0n) is 11.9. The second-order valence-corrected chi connectivity index (χ2v) is 5.73. The van der Waals surface area contributed by atoms with E-state index in [4.69, 9.17) is 0 Å². The SMILES string of the molecule is O=C(N/N=C/c1cc(Br)ccc1O)c1cc2ccccc2cn1. The molecular weight excluding hydrogens is 358 g/mol. The topological polar surface area (TPSA) is 74.6 Å². The van der Waals surface area contributed by atoms with E-state index in [1.54, 1.807) is 24.4 Å². The number of benzene rings is 2. The molecule has 0 saturated carbocycles. The van der Waals surface area contributed by atoms with Gasteiger partial charge in [-0.3, -0.25) is 9.78 Å². The van der Waals surface area contributed by atoms with E-state index in [-0.39, 0.29) is 11.4 Å². The third-order valence-corrected chi connectivity index (χ3v) is 3.72. The Morgan fingerprint density at radius 1 is 1.17 bits per heavy atom. The Morgan fingerprint density at radius 3 is 2.78 bits per heavy atom. The molecule has 1 amide bonds. The highest BCUT2D eigenvalue weighted by Gasteiger charge is 2.07. The first-order valence-corrected chi connectivity index (χ1v) is 7.59. The third-order valence-electron chi connectivity index (χ3n) is 3.22. The van der Waals surface area contributed by atoms with Crippen molar-refractivity contribution in [3.8, 4) is 5.75 Å². The standard InChI is InChI=1S/C17H12BrN3O2/c18-14-5-6-16(22)13(7-14)10-20-21-17(23)15-8-11-3-1-2-4-12(11)9-19-15/h1-10,22H,(H,21,23)/b20-10+. The fraction of sp³-hybridized carbons (Fsp3) is 0. The quantitative estimate of drug-likeness (QED) is 0.548. The number of nitrogens with zero attached hydrogens (tertiary/aromatic N) is 2. The largest absolute Gasteiger partial charge is 0.507 e. The number of pyridine rings is 1. The molecule has 5 nitrogen and oxygen atoms in total. The van der Waals surface area contributed by atoms with Gasteiger partial charge in [0, 0.05) is 21.6 Å². The number of rotatable bonds is 3. The van der Waals surface area contributed by atoms with Gasteiger partial charge in [0.05, 0.1) is 6.21 Å². The lowest BCUT2D eigenvalue weighted by Crippen LogP contribution is -2.18. The summed E-state index contributed by atoms with van der Waals surface area (Å²) in [6.07, 6.45) is 3.02. The molecule has 3 rings (SSSR count). The summed E-state index contributed by atoms with van der Waals surface area (Å²) in [5, 5.41) is 15.4. The van der Waals surface area contributed by atoms with Crippen LogP contribution < -0.4 is 5.43 Å². The van der Waals surface area contributed by atoms with Crippen LogP contribution in [0.2, 0.25) is 0 Å². The van der Waals surface area contributed by atoms with Crippen LogP contribution in [0.5, 0.6) is 5.75 Å². The molecule has 0 fully saturated rings.